The summed E-state index contributed by atoms with van der Waals surface area (Å²) in [6.07, 6.45) is 1.84. The monoisotopic (exact) mass is 237 g/mol. The molecule has 84 valence electrons. The van der Waals surface area contributed by atoms with Crippen LogP contribution in [0.3, 0.4) is 0 Å². The van der Waals surface area contributed by atoms with Gasteiger partial charge in [-0.1, -0.05) is 11.6 Å². The van der Waals surface area contributed by atoms with Crippen molar-refractivity contribution < 1.29 is 9.90 Å². The molecule has 0 saturated heterocycles. The zero-order valence-corrected chi connectivity index (χ0v) is 9.82. The van der Waals surface area contributed by atoms with Gasteiger partial charge in [-0.3, -0.25) is 0 Å². The number of hydrogen-bond donors (Lipinski definition) is 1. The minimum absolute atomic E-state index is 0.260. The third-order valence-electron chi connectivity index (χ3n) is 2.59. The van der Waals surface area contributed by atoms with E-state index >= 15 is 0 Å². The Hall–Kier alpha value is -1.48. The molecule has 1 aromatic carbocycles. The van der Waals surface area contributed by atoms with Gasteiger partial charge in [0.15, 0.2) is 0 Å². The fourth-order valence-electron chi connectivity index (χ4n) is 1.77. The van der Waals surface area contributed by atoms with Crippen molar-refractivity contribution in [1.82, 2.24) is 4.57 Å². The lowest BCUT2D eigenvalue weighted by Crippen LogP contribution is -1.99. The molecule has 0 radical (unpaired) electrons. The molecule has 3 nitrogen and oxygen atoms in total. The van der Waals surface area contributed by atoms with Crippen molar-refractivity contribution in [1.29, 1.82) is 0 Å². The Morgan fingerprint density at radius 2 is 2.12 bits per heavy atom. The maximum Gasteiger partial charge on any atom is 0.335 e. The van der Waals surface area contributed by atoms with Crippen LogP contribution in [0.15, 0.2) is 24.4 Å². The van der Waals surface area contributed by atoms with Crippen LogP contribution in [0.1, 0.15) is 30.2 Å². The second-order valence-corrected chi connectivity index (χ2v) is 4.42. The van der Waals surface area contributed by atoms with E-state index in [1.807, 2.05) is 10.8 Å². The first-order chi connectivity index (χ1) is 7.50. The topological polar surface area (TPSA) is 42.2 Å². The number of carbonyl (C=O) groups is 1. The number of nitrogens with zero attached hydrogens (tertiary/aromatic N) is 1. The summed E-state index contributed by atoms with van der Waals surface area (Å²) in [6, 6.07) is 5.30. The molecule has 0 saturated carbocycles. The normalized spacial score (nSPS) is 11.2. The molecule has 0 spiro atoms. The minimum atomic E-state index is -0.935. The molecule has 0 unspecified atom stereocenters. The summed E-state index contributed by atoms with van der Waals surface area (Å²) < 4.78 is 2.03. The van der Waals surface area contributed by atoms with Gasteiger partial charge in [0.25, 0.3) is 0 Å². The third-order valence-corrected chi connectivity index (χ3v) is 2.89. The van der Waals surface area contributed by atoms with Gasteiger partial charge in [0.1, 0.15) is 0 Å². The molecule has 0 bridgehead atoms. The van der Waals surface area contributed by atoms with E-state index in [4.69, 9.17) is 16.7 Å². The molecular weight excluding hydrogens is 226 g/mol. The Kier molecular flexibility index (Phi) is 2.64. The van der Waals surface area contributed by atoms with Crippen LogP contribution in [0.4, 0.5) is 0 Å². The van der Waals surface area contributed by atoms with E-state index in [0.717, 1.165) is 10.9 Å². The Labute approximate surface area is 98.3 Å². The summed E-state index contributed by atoms with van der Waals surface area (Å²) in [5.41, 5.74) is 1.22. The standard InChI is InChI=1S/C12H12ClNO2/c1-7(2)14-6-10(13)9-5-8(12(15)16)3-4-11(9)14/h3-7H,1-2H3,(H,15,16). The predicted octanol–water partition coefficient (Wildman–Crippen LogP) is 3.57. The number of fused-ring (bicyclic) bond motifs is 1. The fourth-order valence-corrected chi connectivity index (χ4v) is 2.03. The summed E-state index contributed by atoms with van der Waals surface area (Å²) in [7, 11) is 0. The molecular formula is C12H12ClNO2. The van der Waals surface area contributed by atoms with Gasteiger partial charge in [-0.05, 0) is 32.0 Å². The van der Waals surface area contributed by atoms with E-state index < -0.39 is 5.97 Å². The molecule has 1 heterocycles. The van der Waals surface area contributed by atoms with Crippen LogP contribution < -0.4 is 0 Å². The van der Waals surface area contributed by atoms with Crippen LogP contribution in [-0.2, 0) is 0 Å². The van der Waals surface area contributed by atoms with Crippen LogP contribution in [0.2, 0.25) is 5.02 Å². The Bertz CT molecular complexity index is 557. The summed E-state index contributed by atoms with van der Waals surface area (Å²) in [6.45, 7) is 4.11. The number of rotatable bonds is 2. The third kappa shape index (κ3) is 1.67. The average molecular weight is 238 g/mol. The molecule has 0 aliphatic rings. The maximum atomic E-state index is 10.8. The van der Waals surface area contributed by atoms with E-state index in [9.17, 15) is 4.79 Å². The van der Waals surface area contributed by atoms with Gasteiger partial charge in [-0.2, -0.15) is 0 Å². The van der Waals surface area contributed by atoms with Crippen molar-refractivity contribution in [3.63, 3.8) is 0 Å². The lowest BCUT2D eigenvalue weighted by molar-refractivity contribution is 0.0697. The molecule has 2 aromatic rings. The van der Waals surface area contributed by atoms with Crippen LogP contribution in [0.5, 0.6) is 0 Å². The first-order valence-corrected chi connectivity index (χ1v) is 5.42. The lowest BCUT2D eigenvalue weighted by Gasteiger charge is -2.08. The van der Waals surface area contributed by atoms with Crippen molar-refractivity contribution in [2.75, 3.05) is 0 Å². The smallest absolute Gasteiger partial charge is 0.335 e. The van der Waals surface area contributed by atoms with Crippen molar-refractivity contribution in [2.24, 2.45) is 0 Å². The molecule has 0 aliphatic heterocycles. The summed E-state index contributed by atoms with van der Waals surface area (Å²) in [5, 5.41) is 10.3. The number of carboxylic acid groups (broad SMARTS) is 1. The van der Waals surface area contributed by atoms with Gasteiger partial charge in [0, 0.05) is 23.1 Å². The highest BCUT2D eigenvalue weighted by Crippen LogP contribution is 2.29. The van der Waals surface area contributed by atoms with E-state index in [-0.39, 0.29) is 5.56 Å². The minimum Gasteiger partial charge on any atom is -0.478 e. The lowest BCUT2D eigenvalue weighted by atomic mass is 10.1. The number of aromatic carboxylic acids is 1. The Balaban J connectivity index is 2.71. The maximum absolute atomic E-state index is 10.8. The first-order valence-electron chi connectivity index (χ1n) is 5.04. The highest BCUT2D eigenvalue weighted by Gasteiger charge is 2.11. The van der Waals surface area contributed by atoms with Crippen LogP contribution in [-0.4, -0.2) is 15.6 Å². The number of halogens is 1. The molecule has 0 amide bonds. The van der Waals surface area contributed by atoms with Gasteiger partial charge in [-0.15, -0.1) is 0 Å². The summed E-state index contributed by atoms with van der Waals surface area (Å²) >= 11 is 6.08. The van der Waals surface area contributed by atoms with Crippen LogP contribution >= 0.6 is 11.6 Å². The zero-order valence-electron chi connectivity index (χ0n) is 9.07. The SMILES string of the molecule is CC(C)n1cc(Cl)c2cc(C(=O)O)ccc21. The molecule has 4 heteroatoms. The number of carboxylic acids is 1. The summed E-state index contributed by atoms with van der Waals surface area (Å²) in [5.74, 6) is -0.935. The molecule has 2 rings (SSSR count). The number of aromatic nitrogens is 1. The molecule has 1 N–H and O–H groups in total. The molecule has 0 atom stereocenters. The molecule has 0 fully saturated rings. The van der Waals surface area contributed by atoms with Gasteiger partial charge in [-0.25, -0.2) is 4.79 Å². The number of benzene rings is 1. The van der Waals surface area contributed by atoms with Gasteiger partial charge >= 0.3 is 5.97 Å². The Morgan fingerprint density at radius 3 is 2.69 bits per heavy atom. The second-order valence-electron chi connectivity index (χ2n) is 4.02. The molecule has 0 aliphatic carbocycles. The Morgan fingerprint density at radius 1 is 1.44 bits per heavy atom. The van der Waals surface area contributed by atoms with Gasteiger partial charge in [0.05, 0.1) is 10.6 Å². The van der Waals surface area contributed by atoms with Crippen LogP contribution in [0.25, 0.3) is 10.9 Å². The predicted molar refractivity (Wildman–Crippen MR) is 64.3 cm³/mol. The molecule has 1 aromatic heterocycles. The van der Waals surface area contributed by atoms with E-state index in [2.05, 4.69) is 13.8 Å². The van der Waals surface area contributed by atoms with Crippen molar-refractivity contribution in [3.8, 4) is 0 Å². The van der Waals surface area contributed by atoms with Gasteiger partial charge < -0.3 is 9.67 Å². The van der Waals surface area contributed by atoms with Crippen molar-refractivity contribution in [2.45, 2.75) is 19.9 Å². The molecule has 16 heavy (non-hydrogen) atoms. The second kappa shape index (κ2) is 3.83. The highest BCUT2D eigenvalue weighted by molar-refractivity contribution is 6.35. The van der Waals surface area contributed by atoms with E-state index in [1.54, 1.807) is 18.2 Å². The van der Waals surface area contributed by atoms with Crippen LogP contribution in [0, 0.1) is 0 Å². The number of hydrogen-bond acceptors (Lipinski definition) is 1. The summed E-state index contributed by atoms with van der Waals surface area (Å²) in [4.78, 5) is 10.8. The fraction of sp³-hybridized carbons (Fsp3) is 0.250. The van der Waals surface area contributed by atoms with Gasteiger partial charge in [0.2, 0.25) is 0 Å². The first kappa shape index (κ1) is 11.0. The van der Waals surface area contributed by atoms with Crippen molar-refractivity contribution in [3.05, 3.63) is 35.0 Å². The highest BCUT2D eigenvalue weighted by atomic mass is 35.5. The largest absolute Gasteiger partial charge is 0.478 e. The van der Waals surface area contributed by atoms with Crippen molar-refractivity contribution >= 4 is 28.5 Å². The van der Waals surface area contributed by atoms with E-state index in [0.29, 0.717) is 11.1 Å². The quantitative estimate of drug-likeness (QED) is 0.868. The zero-order chi connectivity index (χ0) is 11.9. The van der Waals surface area contributed by atoms with E-state index in [1.165, 1.54) is 0 Å². The average Bonchev–Trinajstić information content (AvgIpc) is 2.56.